The Labute approximate surface area is 81.2 Å². The molecule has 0 bridgehead atoms. The highest BCUT2D eigenvalue weighted by Crippen LogP contribution is 2.31. The highest BCUT2D eigenvalue weighted by Gasteiger charge is 2.21. The Bertz CT molecular complexity index is 299. The standard InChI is InChI=1S/C9H8Cl2O/c10-5-8-4-6-3-7(11)1-2-9(6)12-8/h1-3,8H,4-5H2/t8-/m0/s1. The molecule has 0 N–H and O–H groups in total. The topological polar surface area (TPSA) is 9.23 Å². The lowest BCUT2D eigenvalue weighted by Crippen LogP contribution is -2.13. The molecule has 1 aromatic rings. The summed E-state index contributed by atoms with van der Waals surface area (Å²) in [7, 11) is 0. The Morgan fingerprint density at radius 3 is 3.08 bits per heavy atom. The molecule has 0 aromatic heterocycles. The summed E-state index contributed by atoms with van der Waals surface area (Å²) in [5.41, 5.74) is 1.16. The molecule has 0 unspecified atom stereocenters. The molecule has 1 aliphatic heterocycles. The van der Waals surface area contributed by atoms with E-state index in [9.17, 15) is 0 Å². The van der Waals surface area contributed by atoms with E-state index in [1.807, 2.05) is 18.2 Å². The van der Waals surface area contributed by atoms with E-state index in [2.05, 4.69) is 0 Å². The Morgan fingerprint density at radius 2 is 2.33 bits per heavy atom. The quantitative estimate of drug-likeness (QED) is 0.637. The second-order valence-corrected chi connectivity index (χ2v) is 3.60. The van der Waals surface area contributed by atoms with Crippen LogP contribution in [0.15, 0.2) is 18.2 Å². The Balaban J connectivity index is 2.30. The fourth-order valence-electron chi connectivity index (χ4n) is 1.38. The first-order valence-electron chi connectivity index (χ1n) is 3.80. The molecule has 64 valence electrons. The monoisotopic (exact) mass is 202 g/mol. The van der Waals surface area contributed by atoms with Crippen molar-refractivity contribution < 1.29 is 4.74 Å². The average Bonchev–Trinajstić information content (AvgIpc) is 2.46. The van der Waals surface area contributed by atoms with E-state index >= 15 is 0 Å². The lowest BCUT2D eigenvalue weighted by Gasteiger charge is -2.04. The normalized spacial score (nSPS) is 20.3. The van der Waals surface area contributed by atoms with Crippen LogP contribution in [-0.4, -0.2) is 12.0 Å². The van der Waals surface area contributed by atoms with E-state index < -0.39 is 0 Å². The van der Waals surface area contributed by atoms with Gasteiger partial charge < -0.3 is 4.74 Å². The number of fused-ring (bicyclic) bond motifs is 1. The molecule has 0 fully saturated rings. The lowest BCUT2D eigenvalue weighted by atomic mass is 10.1. The number of benzene rings is 1. The highest BCUT2D eigenvalue weighted by atomic mass is 35.5. The van der Waals surface area contributed by atoms with Gasteiger partial charge in [0.15, 0.2) is 0 Å². The third-order valence-electron chi connectivity index (χ3n) is 1.94. The summed E-state index contributed by atoms with van der Waals surface area (Å²) >= 11 is 11.5. The average molecular weight is 203 g/mol. The SMILES string of the molecule is ClC[C@@H]1Cc2cc(Cl)ccc2O1. The first-order chi connectivity index (χ1) is 5.79. The van der Waals surface area contributed by atoms with Crippen LogP contribution in [0.4, 0.5) is 0 Å². The van der Waals surface area contributed by atoms with E-state index in [-0.39, 0.29) is 6.10 Å². The molecule has 1 heterocycles. The maximum atomic E-state index is 5.83. The van der Waals surface area contributed by atoms with Crippen LogP contribution in [0.1, 0.15) is 5.56 Å². The van der Waals surface area contributed by atoms with Crippen LogP contribution >= 0.6 is 23.2 Å². The van der Waals surface area contributed by atoms with Gasteiger partial charge in [-0.05, 0) is 23.8 Å². The van der Waals surface area contributed by atoms with Gasteiger partial charge >= 0.3 is 0 Å². The van der Waals surface area contributed by atoms with Crippen LogP contribution in [0.25, 0.3) is 0 Å². The summed E-state index contributed by atoms with van der Waals surface area (Å²) in [6.07, 6.45) is 1.000. The summed E-state index contributed by atoms with van der Waals surface area (Å²) in [5, 5.41) is 0.757. The van der Waals surface area contributed by atoms with Gasteiger partial charge in [-0.15, -0.1) is 11.6 Å². The first-order valence-corrected chi connectivity index (χ1v) is 4.72. The molecule has 12 heavy (non-hydrogen) atoms. The largest absolute Gasteiger partial charge is 0.489 e. The van der Waals surface area contributed by atoms with Gasteiger partial charge in [0.1, 0.15) is 11.9 Å². The van der Waals surface area contributed by atoms with E-state index in [4.69, 9.17) is 27.9 Å². The zero-order valence-corrected chi connectivity index (χ0v) is 7.90. The minimum Gasteiger partial charge on any atom is -0.489 e. The van der Waals surface area contributed by atoms with Gasteiger partial charge in [0.2, 0.25) is 0 Å². The first kappa shape index (κ1) is 8.21. The molecule has 1 nitrogen and oxygen atoms in total. The van der Waals surface area contributed by atoms with Gasteiger partial charge in [-0.1, -0.05) is 11.6 Å². The molecule has 0 aliphatic carbocycles. The van der Waals surface area contributed by atoms with Gasteiger partial charge in [-0.3, -0.25) is 0 Å². The Morgan fingerprint density at radius 1 is 1.50 bits per heavy atom. The molecule has 0 radical (unpaired) electrons. The van der Waals surface area contributed by atoms with Crippen molar-refractivity contribution in [1.29, 1.82) is 0 Å². The molecule has 0 amide bonds. The smallest absolute Gasteiger partial charge is 0.123 e. The highest BCUT2D eigenvalue weighted by molar-refractivity contribution is 6.30. The minimum absolute atomic E-state index is 0.125. The maximum absolute atomic E-state index is 5.83. The Kier molecular flexibility index (Phi) is 2.16. The number of alkyl halides is 1. The van der Waals surface area contributed by atoms with Gasteiger partial charge in [0.05, 0.1) is 5.88 Å². The van der Waals surface area contributed by atoms with Crippen molar-refractivity contribution in [3.63, 3.8) is 0 Å². The predicted molar refractivity (Wildman–Crippen MR) is 50.3 cm³/mol. The summed E-state index contributed by atoms with van der Waals surface area (Å²) in [6, 6.07) is 5.66. The van der Waals surface area contributed by atoms with Crippen molar-refractivity contribution in [3.05, 3.63) is 28.8 Å². The zero-order chi connectivity index (χ0) is 8.55. The molecule has 3 heteroatoms. The summed E-state index contributed by atoms with van der Waals surface area (Å²) in [4.78, 5) is 0. The van der Waals surface area contributed by atoms with Gasteiger partial charge in [0, 0.05) is 11.4 Å². The van der Waals surface area contributed by atoms with Crippen molar-refractivity contribution in [2.24, 2.45) is 0 Å². The number of hydrogen-bond donors (Lipinski definition) is 0. The molecule has 1 aliphatic rings. The molecule has 1 aromatic carbocycles. The van der Waals surface area contributed by atoms with Crippen molar-refractivity contribution in [1.82, 2.24) is 0 Å². The van der Waals surface area contributed by atoms with E-state index in [0.717, 1.165) is 22.8 Å². The van der Waals surface area contributed by atoms with Gasteiger partial charge in [-0.25, -0.2) is 0 Å². The second kappa shape index (κ2) is 3.15. The Hall–Kier alpha value is -0.400. The van der Waals surface area contributed by atoms with Crippen molar-refractivity contribution in [2.75, 3.05) is 5.88 Å². The fraction of sp³-hybridized carbons (Fsp3) is 0.333. The van der Waals surface area contributed by atoms with E-state index in [1.54, 1.807) is 0 Å². The maximum Gasteiger partial charge on any atom is 0.123 e. The molecule has 1 atom stereocenters. The molecule has 0 saturated heterocycles. The molecular formula is C9H8Cl2O. The van der Waals surface area contributed by atoms with E-state index in [1.165, 1.54) is 0 Å². The lowest BCUT2D eigenvalue weighted by molar-refractivity contribution is 0.258. The van der Waals surface area contributed by atoms with Crippen molar-refractivity contribution in [2.45, 2.75) is 12.5 Å². The second-order valence-electron chi connectivity index (χ2n) is 2.85. The van der Waals surface area contributed by atoms with Crippen LogP contribution in [0.5, 0.6) is 5.75 Å². The molecular weight excluding hydrogens is 195 g/mol. The van der Waals surface area contributed by atoms with Gasteiger partial charge in [0.25, 0.3) is 0 Å². The minimum atomic E-state index is 0.125. The summed E-state index contributed by atoms with van der Waals surface area (Å²) < 4.78 is 5.52. The fourth-order valence-corrected chi connectivity index (χ4v) is 1.74. The number of ether oxygens (including phenoxy) is 1. The van der Waals surface area contributed by atoms with Crippen LogP contribution in [-0.2, 0) is 6.42 Å². The molecule has 2 rings (SSSR count). The zero-order valence-electron chi connectivity index (χ0n) is 6.39. The van der Waals surface area contributed by atoms with Crippen LogP contribution in [0.3, 0.4) is 0 Å². The summed E-state index contributed by atoms with van der Waals surface area (Å²) in [6.45, 7) is 0. The van der Waals surface area contributed by atoms with E-state index in [0.29, 0.717) is 5.88 Å². The third-order valence-corrected chi connectivity index (χ3v) is 2.52. The number of hydrogen-bond acceptors (Lipinski definition) is 1. The van der Waals surface area contributed by atoms with Crippen LogP contribution < -0.4 is 4.74 Å². The van der Waals surface area contributed by atoms with Crippen molar-refractivity contribution >= 4 is 23.2 Å². The predicted octanol–water partition coefficient (Wildman–Crippen LogP) is 2.88. The number of halogens is 2. The van der Waals surface area contributed by atoms with Crippen LogP contribution in [0.2, 0.25) is 5.02 Å². The number of rotatable bonds is 1. The van der Waals surface area contributed by atoms with Gasteiger partial charge in [-0.2, -0.15) is 0 Å². The third kappa shape index (κ3) is 1.39. The molecule has 0 saturated carbocycles. The van der Waals surface area contributed by atoms with Crippen molar-refractivity contribution in [3.8, 4) is 5.75 Å². The van der Waals surface area contributed by atoms with Crippen LogP contribution in [0, 0.1) is 0 Å². The molecule has 0 spiro atoms. The summed E-state index contributed by atoms with van der Waals surface area (Å²) in [5.74, 6) is 1.46.